The molecule has 80 valence electrons. The molecule has 0 aliphatic carbocycles. The molecule has 2 nitrogen and oxygen atoms in total. The van der Waals surface area contributed by atoms with E-state index in [0.717, 1.165) is 11.1 Å². The predicted octanol–water partition coefficient (Wildman–Crippen LogP) is 2.85. The molecule has 0 aliphatic rings. The predicted molar refractivity (Wildman–Crippen MR) is 58.2 cm³/mol. The third kappa shape index (κ3) is 1.53. The van der Waals surface area contributed by atoms with E-state index in [1.54, 1.807) is 6.07 Å². The molecule has 1 N–H and O–H groups in total. The van der Waals surface area contributed by atoms with Gasteiger partial charge in [0.15, 0.2) is 0 Å². The van der Waals surface area contributed by atoms with Crippen molar-refractivity contribution < 1.29 is 9.50 Å². The number of rotatable bonds is 2. The van der Waals surface area contributed by atoms with Gasteiger partial charge in [0.2, 0.25) is 0 Å². The van der Waals surface area contributed by atoms with Gasteiger partial charge in [-0.3, -0.25) is 0 Å². The number of para-hydroxylation sites is 1. The zero-order valence-corrected chi connectivity index (χ0v) is 8.87. The second-order valence-corrected chi connectivity index (χ2v) is 3.94. The van der Waals surface area contributed by atoms with E-state index in [9.17, 15) is 9.50 Å². The standard InChI is InChI=1S/C12H14FNO/c1-8(2)14-10(7-15)6-9-4-3-5-11(13)12(9)14/h3-6,8,15H,7H2,1-2H3. The summed E-state index contributed by atoms with van der Waals surface area (Å²) in [6, 6.07) is 6.96. The smallest absolute Gasteiger partial charge is 0.147 e. The van der Waals surface area contributed by atoms with Crippen molar-refractivity contribution >= 4 is 10.9 Å². The fraction of sp³-hybridized carbons (Fsp3) is 0.333. The first-order valence-electron chi connectivity index (χ1n) is 5.04. The van der Waals surface area contributed by atoms with Crippen LogP contribution in [0.5, 0.6) is 0 Å². The van der Waals surface area contributed by atoms with Crippen molar-refractivity contribution in [3.05, 3.63) is 35.8 Å². The zero-order chi connectivity index (χ0) is 11.0. The second kappa shape index (κ2) is 3.66. The van der Waals surface area contributed by atoms with Gasteiger partial charge in [0, 0.05) is 17.1 Å². The van der Waals surface area contributed by atoms with Crippen molar-refractivity contribution in [2.75, 3.05) is 0 Å². The van der Waals surface area contributed by atoms with Crippen molar-refractivity contribution in [1.82, 2.24) is 4.57 Å². The summed E-state index contributed by atoms with van der Waals surface area (Å²) in [7, 11) is 0. The van der Waals surface area contributed by atoms with Crippen LogP contribution in [0.1, 0.15) is 25.6 Å². The maximum Gasteiger partial charge on any atom is 0.147 e. The van der Waals surface area contributed by atoms with Crippen LogP contribution in [-0.2, 0) is 6.61 Å². The maximum absolute atomic E-state index is 13.7. The molecule has 0 atom stereocenters. The zero-order valence-electron chi connectivity index (χ0n) is 8.87. The Bertz CT molecular complexity index is 488. The minimum absolute atomic E-state index is 0.0632. The van der Waals surface area contributed by atoms with Crippen molar-refractivity contribution in [1.29, 1.82) is 0 Å². The molecule has 1 aromatic carbocycles. The molecule has 1 heterocycles. The summed E-state index contributed by atoms with van der Waals surface area (Å²) >= 11 is 0. The Morgan fingerprint density at radius 1 is 1.40 bits per heavy atom. The molecule has 2 aromatic rings. The van der Waals surface area contributed by atoms with Gasteiger partial charge in [-0.25, -0.2) is 4.39 Å². The van der Waals surface area contributed by atoms with E-state index < -0.39 is 0 Å². The number of nitrogens with zero attached hydrogens (tertiary/aromatic N) is 1. The van der Waals surface area contributed by atoms with Crippen molar-refractivity contribution in [3.63, 3.8) is 0 Å². The molecular formula is C12H14FNO. The van der Waals surface area contributed by atoms with Crippen LogP contribution >= 0.6 is 0 Å². The third-order valence-corrected chi connectivity index (χ3v) is 2.57. The van der Waals surface area contributed by atoms with Crippen molar-refractivity contribution in [2.45, 2.75) is 26.5 Å². The van der Waals surface area contributed by atoms with Crippen LogP contribution in [-0.4, -0.2) is 9.67 Å². The highest BCUT2D eigenvalue weighted by molar-refractivity contribution is 5.82. The van der Waals surface area contributed by atoms with E-state index in [2.05, 4.69) is 0 Å². The summed E-state index contributed by atoms with van der Waals surface area (Å²) in [6.45, 7) is 3.89. The topological polar surface area (TPSA) is 25.2 Å². The first-order chi connectivity index (χ1) is 7.15. The number of aliphatic hydroxyl groups is 1. The Morgan fingerprint density at radius 3 is 2.73 bits per heavy atom. The highest BCUT2D eigenvalue weighted by Gasteiger charge is 2.13. The Labute approximate surface area is 88.0 Å². The summed E-state index contributed by atoms with van der Waals surface area (Å²) < 4.78 is 15.5. The van der Waals surface area contributed by atoms with E-state index in [0.29, 0.717) is 5.52 Å². The number of halogens is 1. The molecule has 0 unspecified atom stereocenters. The number of hydrogen-bond donors (Lipinski definition) is 1. The fourth-order valence-corrected chi connectivity index (χ4v) is 2.01. The van der Waals surface area contributed by atoms with E-state index in [1.165, 1.54) is 6.07 Å². The monoisotopic (exact) mass is 207 g/mol. The lowest BCUT2D eigenvalue weighted by Crippen LogP contribution is -2.06. The molecule has 0 spiro atoms. The van der Waals surface area contributed by atoms with Gasteiger partial charge in [-0.2, -0.15) is 0 Å². The van der Waals surface area contributed by atoms with Gasteiger partial charge in [-0.1, -0.05) is 12.1 Å². The summed E-state index contributed by atoms with van der Waals surface area (Å²) in [4.78, 5) is 0. The minimum atomic E-state index is -0.235. The van der Waals surface area contributed by atoms with Gasteiger partial charge in [0.05, 0.1) is 12.1 Å². The average Bonchev–Trinajstić information content (AvgIpc) is 2.57. The van der Waals surface area contributed by atoms with Crippen LogP contribution in [0.15, 0.2) is 24.3 Å². The molecule has 2 rings (SSSR count). The number of benzene rings is 1. The molecule has 0 radical (unpaired) electrons. The van der Waals surface area contributed by atoms with Crippen molar-refractivity contribution in [2.24, 2.45) is 0 Å². The van der Waals surface area contributed by atoms with Crippen LogP contribution in [0.4, 0.5) is 4.39 Å². The van der Waals surface area contributed by atoms with Gasteiger partial charge < -0.3 is 9.67 Å². The highest BCUT2D eigenvalue weighted by Crippen LogP contribution is 2.26. The number of aromatic nitrogens is 1. The van der Waals surface area contributed by atoms with Gasteiger partial charge in [-0.15, -0.1) is 0 Å². The molecule has 0 bridgehead atoms. The Balaban J connectivity index is 2.82. The maximum atomic E-state index is 13.7. The Hall–Kier alpha value is -1.35. The average molecular weight is 207 g/mol. The third-order valence-electron chi connectivity index (χ3n) is 2.57. The van der Waals surface area contributed by atoms with Crippen LogP contribution < -0.4 is 0 Å². The first kappa shape index (κ1) is 10.2. The SMILES string of the molecule is CC(C)n1c(CO)cc2cccc(F)c21. The molecule has 0 saturated carbocycles. The first-order valence-corrected chi connectivity index (χ1v) is 5.04. The summed E-state index contributed by atoms with van der Waals surface area (Å²) in [5, 5.41) is 10.1. The largest absolute Gasteiger partial charge is 0.390 e. The number of fused-ring (bicyclic) bond motifs is 1. The van der Waals surface area contributed by atoms with Gasteiger partial charge in [0.1, 0.15) is 5.82 Å². The minimum Gasteiger partial charge on any atom is -0.390 e. The second-order valence-electron chi connectivity index (χ2n) is 3.94. The molecule has 0 aliphatic heterocycles. The van der Waals surface area contributed by atoms with Gasteiger partial charge >= 0.3 is 0 Å². The Kier molecular flexibility index (Phi) is 2.49. The number of aliphatic hydroxyl groups excluding tert-OH is 1. The lowest BCUT2D eigenvalue weighted by Gasteiger charge is -2.13. The van der Waals surface area contributed by atoms with Crippen LogP contribution in [0.3, 0.4) is 0 Å². The molecule has 15 heavy (non-hydrogen) atoms. The quantitative estimate of drug-likeness (QED) is 0.804. The lowest BCUT2D eigenvalue weighted by molar-refractivity contribution is 0.269. The normalized spacial score (nSPS) is 11.5. The fourth-order valence-electron chi connectivity index (χ4n) is 2.01. The molecule has 0 fully saturated rings. The van der Waals surface area contributed by atoms with E-state index >= 15 is 0 Å². The van der Waals surface area contributed by atoms with Gasteiger partial charge in [0.25, 0.3) is 0 Å². The van der Waals surface area contributed by atoms with Crippen molar-refractivity contribution in [3.8, 4) is 0 Å². The molecule has 3 heteroatoms. The Morgan fingerprint density at radius 2 is 2.13 bits per heavy atom. The van der Waals surface area contributed by atoms with Crippen LogP contribution in [0.25, 0.3) is 10.9 Å². The summed E-state index contributed by atoms with van der Waals surface area (Å²) in [6.07, 6.45) is 0. The van der Waals surface area contributed by atoms with Crippen LogP contribution in [0, 0.1) is 5.82 Å². The summed E-state index contributed by atoms with van der Waals surface area (Å²) in [5.41, 5.74) is 1.33. The molecule has 0 amide bonds. The van der Waals surface area contributed by atoms with Crippen LogP contribution in [0.2, 0.25) is 0 Å². The van der Waals surface area contributed by atoms with E-state index in [1.807, 2.05) is 30.5 Å². The summed E-state index contributed by atoms with van der Waals surface area (Å²) in [5.74, 6) is -0.235. The molecule has 0 saturated heterocycles. The lowest BCUT2D eigenvalue weighted by atomic mass is 10.2. The van der Waals surface area contributed by atoms with Gasteiger partial charge in [-0.05, 0) is 26.0 Å². The van der Waals surface area contributed by atoms with E-state index in [-0.39, 0.29) is 18.5 Å². The number of hydrogen-bond acceptors (Lipinski definition) is 1. The van der Waals surface area contributed by atoms with E-state index in [4.69, 9.17) is 0 Å². The molecule has 1 aromatic heterocycles. The highest BCUT2D eigenvalue weighted by atomic mass is 19.1. The molecular weight excluding hydrogens is 193 g/mol.